The maximum absolute atomic E-state index is 12.6. The van der Waals surface area contributed by atoms with Gasteiger partial charge in [-0.3, -0.25) is 9.59 Å². The van der Waals surface area contributed by atoms with Crippen molar-refractivity contribution in [2.75, 3.05) is 5.32 Å². The second-order valence-corrected chi connectivity index (χ2v) is 9.68. The van der Waals surface area contributed by atoms with Crippen molar-refractivity contribution < 1.29 is 19.1 Å². The highest BCUT2D eigenvalue weighted by Gasteiger charge is 2.17. The molecule has 0 bridgehead atoms. The Bertz CT molecular complexity index is 1490. The average Bonchev–Trinajstić information content (AvgIpc) is 2.97. The Morgan fingerprint density at radius 3 is 2.23 bits per heavy atom. The number of anilines is 1. The maximum Gasteiger partial charge on any atom is 0.271 e. The monoisotopic (exact) mass is 575 g/mol. The van der Waals surface area contributed by atoms with E-state index in [0.717, 1.165) is 16.9 Å². The molecule has 9 heteroatoms. The highest BCUT2D eigenvalue weighted by molar-refractivity contribution is 6.35. The second-order valence-electron chi connectivity index (χ2n) is 8.84. The largest absolute Gasteiger partial charge is 0.489 e. The molecule has 204 valence electrons. The third-order valence-corrected chi connectivity index (χ3v) is 6.36. The number of rotatable bonds is 10. The Labute approximate surface area is 242 Å². The van der Waals surface area contributed by atoms with Gasteiger partial charge in [0.05, 0.1) is 10.7 Å². The molecule has 0 radical (unpaired) electrons. The fourth-order valence-electron chi connectivity index (χ4n) is 3.56. The lowest BCUT2D eigenvalue weighted by Crippen LogP contribution is -2.30. The fraction of sp³-hybridized carbons (Fsp3) is 0.129. The van der Waals surface area contributed by atoms with E-state index in [1.54, 1.807) is 50.2 Å². The first-order valence-electron chi connectivity index (χ1n) is 12.4. The van der Waals surface area contributed by atoms with Gasteiger partial charge < -0.3 is 14.8 Å². The Morgan fingerprint density at radius 2 is 1.55 bits per heavy atom. The SMILES string of the molecule is C/C(=N/NC(=O)c1ccc(NC(=O)[C@@H](C)Oc2ccc(Cl)cc2Cl)cc1)c1ccc(OCc2ccccc2)cc1. The van der Waals surface area contributed by atoms with Crippen LogP contribution in [-0.4, -0.2) is 23.6 Å². The zero-order chi connectivity index (χ0) is 28.5. The predicted octanol–water partition coefficient (Wildman–Crippen LogP) is 7.13. The van der Waals surface area contributed by atoms with Gasteiger partial charge in [0, 0.05) is 16.3 Å². The number of carbonyl (C=O) groups is 2. The van der Waals surface area contributed by atoms with Crippen LogP contribution in [0.5, 0.6) is 11.5 Å². The van der Waals surface area contributed by atoms with Gasteiger partial charge in [-0.2, -0.15) is 5.10 Å². The fourth-order valence-corrected chi connectivity index (χ4v) is 4.01. The molecule has 4 rings (SSSR count). The third-order valence-electron chi connectivity index (χ3n) is 5.83. The van der Waals surface area contributed by atoms with Gasteiger partial charge in [-0.15, -0.1) is 0 Å². The number of benzene rings is 4. The second kappa shape index (κ2) is 13.6. The molecule has 2 N–H and O–H groups in total. The van der Waals surface area contributed by atoms with Gasteiger partial charge in [0.15, 0.2) is 6.10 Å². The van der Waals surface area contributed by atoms with E-state index in [2.05, 4.69) is 15.8 Å². The maximum atomic E-state index is 12.6. The Kier molecular flexibility index (Phi) is 9.78. The summed E-state index contributed by atoms with van der Waals surface area (Å²) in [6.07, 6.45) is -0.816. The van der Waals surface area contributed by atoms with E-state index in [1.165, 1.54) is 6.07 Å². The van der Waals surface area contributed by atoms with Crippen molar-refractivity contribution in [3.05, 3.63) is 124 Å². The van der Waals surface area contributed by atoms with E-state index >= 15 is 0 Å². The molecule has 4 aromatic carbocycles. The summed E-state index contributed by atoms with van der Waals surface area (Å²) in [5.74, 6) is 0.337. The minimum atomic E-state index is -0.816. The summed E-state index contributed by atoms with van der Waals surface area (Å²) in [6.45, 7) is 3.89. The number of amides is 2. The summed E-state index contributed by atoms with van der Waals surface area (Å²) in [7, 11) is 0. The Balaban J connectivity index is 1.27. The van der Waals surface area contributed by atoms with Crippen LogP contribution in [0.2, 0.25) is 10.0 Å². The lowest BCUT2D eigenvalue weighted by molar-refractivity contribution is -0.122. The molecule has 7 nitrogen and oxygen atoms in total. The van der Waals surface area contributed by atoms with Crippen LogP contribution >= 0.6 is 23.2 Å². The molecule has 0 fully saturated rings. The van der Waals surface area contributed by atoms with E-state index in [0.29, 0.717) is 39.4 Å². The Morgan fingerprint density at radius 1 is 0.875 bits per heavy atom. The van der Waals surface area contributed by atoms with Crippen LogP contribution in [0.1, 0.15) is 35.3 Å². The number of carbonyl (C=O) groups excluding carboxylic acids is 2. The standard InChI is InChI=1S/C31H27Cl2N3O4/c1-20(23-10-15-27(16-11-23)39-19-22-6-4-3-5-7-22)35-36-31(38)24-8-13-26(14-9-24)34-30(37)21(2)40-29-17-12-25(32)18-28(29)33/h3-18,21H,19H2,1-2H3,(H,34,37)(H,36,38)/b35-20-/t21-/m1/s1. The van der Waals surface area contributed by atoms with Gasteiger partial charge in [-0.1, -0.05) is 53.5 Å². The molecule has 0 aliphatic heterocycles. The van der Waals surface area contributed by atoms with Gasteiger partial charge in [-0.25, -0.2) is 5.43 Å². The predicted molar refractivity (Wildman–Crippen MR) is 159 cm³/mol. The zero-order valence-corrected chi connectivity index (χ0v) is 23.4. The normalized spacial score (nSPS) is 11.8. The molecule has 0 saturated carbocycles. The van der Waals surface area contributed by atoms with E-state index in [1.807, 2.05) is 54.6 Å². The molecule has 4 aromatic rings. The van der Waals surface area contributed by atoms with Crippen molar-refractivity contribution in [3.8, 4) is 11.5 Å². The highest BCUT2D eigenvalue weighted by Crippen LogP contribution is 2.28. The van der Waals surface area contributed by atoms with Crippen molar-refractivity contribution in [1.82, 2.24) is 5.43 Å². The van der Waals surface area contributed by atoms with E-state index in [9.17, 15) is 9.59 Å². The molecule has 0 saturated heterocycles. The molecule has 0 spiro atoms. The number of nitrogens with zero attached hydrogens (tertiary/aromatic N) is 1. The molecule has 2 amide bonds. The molecule has 40 heavy (non-hydrogen) atoms. The summed E-state index contributed by atoms with van der Waals surface area (Å²) >= 11 is 12.0. The van der Waals surface area contributed by atoms with Crippen LogP contribution in [0, 0.1) is 0 Å². The van der Waals surface area contributed by atoms with Crippen LogP contribution in [-0.2, 0) is 11.4 Å². The number of hydrogen-bond acceptors (Lipinski definition) is 5. The third kappa shape index (κ3) is 8.09. The van der Waals surface area contributed by atoms with Crippen molar-refractivity contribution in [3.63, 3.8) is 0 Å². The summed E-state index contributed by atoms with van der Waals surface area (Å²) in [6, 6.07) is 28.6. The summed E-state index contributed by atoms with van der Waals surface area (Å²) in [5, 5.41) is 7.74. The number of hydrazone groups is 1. The number of ether oxygens (including phenoxy) is 2. The van der Waals surface area contributed by atoms with Crippen molar-refractivity contribution >= 4 is 46.4 Å². The molecule has 0 heterocycles. The van der Waals surface area contributed by atoms with Crippen molar-refractivity contribution in [2.45, 2.75) is 26.6 Å². The number of nitrogens with one attached hydrogen (secondary N) is 2. The highest BCUT2D eigenvalue weighted by atomic mass is 35.5. The van der Waals surface area contributed by atoms with Gasteiger partial charge in [0.1, 0.15) is 18.1 Å². The van der Waals surface area contributed by atoms with Crippen molar-refractivity contribution in [1.29, 1.82) is 0 Å². The van der Waals surface area contributed by atoms with Crippen LogP contribution in [0.25, 0.3) is 0 Å². The van der Waals surface area contributed by atoms with Gasteiger partial charge >= 0.3 is 0 Å². The van der Waals surface area contributed by atoms with E-state index < -0.39 is 6.10 Å². The lowest BCUT2D eigenvalue weighted by Gasteiger charge is -2.16. The number of hydrogen-bond donors (Lipinski definition) is 2. The van der Waals surface area contributed by atoms with Crippen LogP contribution in [0.15, 0.2) is 102 Å². The van der Waals surface area contributed by atoms with Crippen LogP contribution in [0.4, 0.5) is 5.69 Å². The molecule has 0 aromatic heterocycles. The summed E-state index contributed by atoms with van der Waals surface area (Å²) in [4.78, 5) is 25.1. The molecule has 1 atom stereocenters. The average molecular weight is 576 g/mol. The van der Waals surface area contributed by atoms with Crippen LogP contribution < -0.4 is 20.2 Å². The quantitative estimate of drug-likeness (QED) is 0.155. The first kappa shape index (κ1) is 28.7. The first-order valence-corrected chi connectivity index (χ1v) is 13.2. The molecule has 0 aliphatic carbocycles. The minimum Gasteiger partial charge on any atom is -0.489 e. The zero-order valence-electron chi connectivity index (χ0n) is 21.9. The molecule has 0 unspecified atom stereocenters. The van der Waals surface area contributed by atoms with E-state index in [-0.39, 0.29) is 11.8 Å². The topological polar surface area (TPSA) is 89.0 Å². The van der Waals surface area contributed by atoms with E-state index in [4.69, 9.17) is 32.7 Å². The van der Waals surface area contributed by atoms with Crippen molar-refractivity contribution in [2.24, 2.45) is 5.10 Å². The molecule has 0 aliphatic rings. The lowest BCUT2D eigenvalue weighted by atomic mass is 10.1. The summed E-state index contributed by atoms with van der Waals surface area (Å²) in [5.41, 5.74) is 6.03. The smallest absolute Gasteiger partial charge is 0.271 e. The molecular formula is C31H27Cl2N3O4. The molecular weight excluding hydrogens is 549 g/mol. The number of halogens is 2. The minimum absolute atomic E-state index is 0.310. The van der Waals surface area contributed by atoms with Gasteiger partial charge in [-0.05, 0) is 91.7 Å². The van der Waals surface area contributed by atoms with Crippen LogP contribution in [0.3, 0.4) is 0 Å². The Hall–Kier alpha value is -4.33. The van der Waals surface area contributed by atoms with Gasteiger partial charge in [0.2, 0.25) is 0 Å². The first-order chi connectivity index (χ1) is 19.3. The summed E-state index contributed by atoms with van der Waals surface area (Å²) < 4.78 is 11.4. The van der Waals surface area contributed by atoms with Gasteiger partial charge in [0.25, 0.3) is 11.8 Å².